The average Bonchev–Trinajstić information content (AvgIpc) is 3.28. The normalized spacial score (nSPS) is 23.8. The van der Waals surface area contributed by atoms with Crippen molar-refractivity contribution in [1.29, 1.82) is 0 Å². The number of halogens is 1. The number of carbonyl (C=O) groups is 3. The van der Waals surface area contributed by atoms with Gasteiger partial charge in [-0.05, 0) is 64.7 Å². The molecule has 3 amide bonds. The molecule has 8 rings (SSSR count). The van der Waals surface area contributed by atoms with Crippen LogP contribution in [0.4, 0.5) is 5.69 Å². The van der Waals surface area contributed by atoms with Crippen molar-refractivity contribution >= 4 is 45.6 Å². The highest BCUT2D eigenvalue weighted by molar-refractivity contribution is 9.10. The van der Waals surface area contributed by atoms with Crippen molar-refractivity contribution in [1.82, 2.24) is 5.43 Å². The lowest BCUT2D eigenvalue weighted by Gasteiger charge is -2.52. The minimum Gasteiger partial charge on any atom is -0.497 e. The van der Waals surface area contributed by atoms with Crippen LogP contribution in [0, 0.1) is 11.8 Å². The molecule has 4 aromatic rings. The van der Waals surface area contributed by atoms with Gasteiger partial charge in [-0.3, -0.25) is 14.4 Å². The maximum atomic E-state index is 14.4. The number of benzene rings is 4. The number of ether oxygens (including phenoxy) is 1. The number of hydrazone groups is 1. The van der Waals surface area contributed by atoms with Gasteiger partial charge in [0.1, 0.15) is 5.75 Å². The molecule has 3 aliphatic carbocycles. The number of anilines is 1. The zero-order valence-corrected chi connectivity index (χ0v) is 23.5. The summed E-state index contributed by atoms with van der Waals surface area (Å²) < 4.78 is 6.10. The van der Waals surface area contributed by atoms with Crippen LogP contribution in [0.1, 0.15) is 38.5 Å². The van der Waals surface area contributed by atoms with E-state index in [9.17, 15) is 14.4 Å². The summed E-state index contributed by atoms with van der Waals surface area (Å²) in [6.07, 6.45) is 1.66. The van der Waals surface area contributed by atoms with Gasteiger partial charge in [-0.2, -0.15) is 5.10 Å². The van der Waals surface area contributed by atoms with Gasteiger partial charge in [0.2, 0.25) is 11.8 Å². The minimum atomic E-state index is -1.06. The fraction of sp³-hybridized carbons (Fsp3) is 0.152. The van der Waals surface area contributed by atoms with E-state index in [4.69, 9.17) is 4.74 Å². The lowest BCUT2D eigenvalue weighted by Crippen LogP contribution is -2.54. The van der Waals surface area contributed by atoms with E-state index in [1.807, 2.05) is 60.7 Å². The van der Waals surface area contributed by atoms with Gasteiger partial charge in [0, 0.05) is 22.2 Å². The highest BCUT2D eigenvalue weighted by Crippen LogP contribution is 2.63. The second-order valence-electron chi connectivity index (χ2n) is 10.4. The number of methoxy groups -OCH3 is 1. The molecule has 0 unspecified atom stereocenters. The van der Waals surface area contributed by atoms with Crippen LogP contribution in [0.2, 0.25) is 0 Å². The molecule has 7 nitrogen and oxygen atoms in total. The molecule has 1 heterocycles. The number of hydrogen-bond donors (Lipinski definition) is 1. The Balaban J connectivity index is 1.38. The zero-order valence-electron chi connectivity index (χ0n) is 22.0. The first-order valence-electron chi connectivity index (χ1n) is 13.3. The van der Waals surface area contributed by atoms with Crippen LogP contribution in [-0.4, -0.2) is 31.0 Å². The molecule has 41 heavy (non-hydrogen) atoms. The van der Waals surface area contributed by atoms with Crippen molar-refractivity contribution in [3.63, 3.8) is 0 Å². The number of nitrogens with zero attached hydrogens (tertiary/aromatic N) is 2. The quantitative estimate of drug-likeness (QED) is 0.187. The maximum absolute atomic E-state index is 14.4. The smallest absolute Gasteiger partial charge is 0.271 e. The first-order chi connectivity index (χ1) is 20.0. The van der Waals surface area contributed by atoms with E-state index in [0.717, 1.165) is 26.7 Å². The molecule has 1 N–H and O–H groups in total. The molecule has 0 aromatic heterocycles. The van der Waals surface area contributed by atoms with Gasteiger partial charge in [0.15, 0.2) is 0 Å². The third-order valence-electron chi connectivity index (χ3n) is 8.53. The average molecular weight is 606 g/mol. The summed E-state index contributed by atoms with van der Waals surface area (Å²) in [7, 11) is 1.54. The van der Waals surface area contributed by atoms with Gasteiger partial charge >= 0.3 is 0 Å². The second kappa shape index (κ2) is 9.52. The number of nitrogens with one attached hydrogen (secondary N) is 1. The molecule has 1 aliphatic heterocycles. The fourth-order valence-corrected chi connectivity index (χ4v) is 7.18. The molecule has 2 bridgehead atoms. The van der Waals surface area contributed by atoms with Crippen molar-refractivity contribution in [3.8, 4) is 5.75 Å². The Kier molecular flexibility index (Phi) is 5.90. The van der Waals surface area contributed by atoms with Gasteiger partial charge < -0.3 is 4.74 Å². The predicted molar refractivity (Wildman–Crippen MR) is 158 cm³/mol. The Labute approximate surface area is 245 Å². The van der Waals surface area contributed by atoms with Gasteiger partial charge in [0.05, 0.1) is 30.0 Å². The first kappa shape index (κ1) is 25.4. The zero-order chi connectivity index (χ0) is 28.3. The standard InChI is InChI=1S/C33H24BrN3O4/c1-41-22-8-6-7-19(17-22)30(38)36-35-18-33-25-11-4-2-9-23(25)27(24-10-3-5-12-26(24)33)28-29(33)32(40)37(31(28)39)21-15-13-20(34)14-16-21/h2-18,27-29H,1H3,(H,36,38)/b35-18+/t27?,28-,29+,33?/m0/s1. The monoisotopic (exact) mass is 605 g/mol. The first-order valence-corrected chi connectivity index (χ1v) is 14.1. The van der Waals surface area contributed by atoms with Crippen molar-refractivity contribution < 1.29 is 19.1 Å². The molecule has 1 fully saturated rings. The SMILES string of the molecule is COc1cccc(C(=O)N/N=C/C23c4ccccc4C(c4ccccc42)[C@@H]2C(=O)N(c4ccc(Br)cc4)C(=O)[C@@H]23)c1. The number of hydrogen-bond acceptors (Lipinski definition) is 5. The molecular formula is C33H24BrN3O4. The van der Waals surface area contributed by atoms with Crippen LogP contribution in [0.25, 0.3) is 0 Å². The molecule has 4 aliphatic rings. The third kappa shape index (κ3) is 3.63. The summed E-state index contributed by atoms with van der Waals surface area (Å²) in [5, 5.41) is 4.47. The fourth-order valence-electron chi connectivity index (χ4n) is 6.92. The highest BCUT2D eigenvalue weighted by Gasteiger charge is 2.68. The van der Waals surface area contributed by atoms with E-state index in [1.54, 1.807) is 42.6 Å². The van der Waals surface area contributed by atoms with E-state index in [-0.39, 0.29) is 17.7 Å². The van der Waals surface area contributed by atoms with Crippen molar-refractivity contribution in [3.05, 3.63) is 129 Å². The van der Waals surface area contributed by atoms with Crippen LogP contribution < -0.4 is 15.1 Å². The van der Waals surface area contributed by atoms with E-state index in [0.29, 0.717) is 17.0 Å². The van der Waals surface area contributed by atoms with Gasteiger partial charge in [-0.1, -0.05) is 70.5 Å². The van der Waals surface area contributed by atoms with Crippen LogP contribution >= 0.6 is 15.9 Å². The molecule has 2 atom stereocenters. The van der Waals surface area contributed by atoms with E-state index < -0.39 is 23.2 Å². The summed E-state index contributed by atoms with van der Waals surface area (Å²) >= 11 is 3.44. The van der Waals surface area contributed by atoms with E-state index >= 15 is 0 Å². The molecular weight excluding hydrogens is 582 g/mol. The lowest BCUT2D eigenvalue weighted by atomic mass is 9.47. The molecule has 202 valence electrons. The lowest BCUT2D eigenvalue weighted by molar-refractivity contribution is -0.122. The summed E-state index contributed by atoms with van der Waals surface area (Å²) in [6, 6.07) is 29.8. The number of carbonyl (C=O) groups excluding carboxylic acids is 3. The summed E-state index contributed by atoms with van der Waals surface area (Å²) in [6.45, 7) is 0. The molecule has 4 aromatic carbocycles. The Morgan fingerprint density at radius 2 is 1.56 bits per heavy atom. The Hall–Kier alpha value is -4.56. The second-order valence-corrected chi connectivity index (χ2v) is 11.4. The van der Waals surface area contributed by atoms with Gasteiger partial charge in [-0.25, -0.2) is 10.3 Å². The predicted octanol–water partition coefficient (Wildman–Crippen LogP) is 5.42. The summed E-state index contributed by atoms with van der Waals surface area (Å²) in [5.74, 6) is -1.98. The largest absolute Gasteiger partial charge is 0.497 e. The third-order valence-corrected chi connectivity index (χ3v) is 9.06. The van der Waals surface area contributed by atoms with Crippen LogP contribution in [0.5, 0.6) is 5.75 Å². The molecule has 8 heteroatoms. The summed E-state index contributed by atoms with van der Waals surface area (Å²) in [4.78, 5) is 42.9. The van der Waals surface area contributed by atoms with Gasteiger partial charge in [-0.15, -0.1) is 0 Å². The highest BCUT2D eigenvalue weighted by atomic mass is 79.9. The molecule has 0 radical (unpaired) electrons. The Morgan fingerprint density at radius 1 is 0.902 bits per heavy atom. The molecule has 0 spiro atoms. The van der Waals surface area contributed by atoms with E-state index in [2.05, 4.69) is 26.5 Å². The number of amides is 3. The van der Waals surface area contributed by atoms with Gasteiger partial charge in [0.25, 0.3) is 5.91 Å². The van der Waals surface area contributed by atoms with Crippen molar-refractivity contribution in [2.24, 2.45) is 16.9 Å². The van der Waals surface area contributed by atoms with Crippen molar-refractivity contribution in [2.45, 2.75) is 11.3 Å². The minimum absolute atomic E-state index is 0.227. The van der Waals surface area contributed by atoms with Crippen molar-refractivity contribution in [2.75, 3.05) is 12.0 Å². The number of rotatable bonds is 5. The summed E-state index contributed by atoms with van der Waals surface area (Å²) in [5.41, 5.74) is 6.34. The van der Waals surface area contributed by atoms with E-state index in [1.165, 1.54) is 12.0 Å². The molecule has 1 saturated heterocycles. The van der Waals surface area contributed by atoms with Crippen LogP contribution in [0.3, 0.4) is 0 Å². The number of imide groups is 1. The Bertz CT molecular complexity index is 1720. The topological polar surface area (TPSA) is 88.1 Å². The molecule has 0 saturated carbocycles. The Morgan fingerprint density at radius 3 is 2.22 bits per heavy atom. The van der Waals surface area contributed by atoms with Crippen LogP contribution in [0.15, 0.2) is 107 Å². The van der Waals surface area contributed by atoms with Crippen LogP contribution in [-0.2, 0) is 15.0 Å². The maximum Gasteiger partial charge on any atom is 0.271 e.